The number of nitrogens with zero attached hydrogens (tertiary/aromatic N) is 1. The summed E-state index contributed by atoms with van der Waals surface area (Å²) >= 11 is 7.11. The van der Waals surface area contributed by atoms with E-state index in [1.54, 1.807) is 7.11 Å². The standard InChI is InChI=1S/C15H22N2OS2/c1-10-7-17(8-11(2)20-10)9-12-4-5-13(15(16)19)14(6-12)18-3/h4-6,10-11H,7-9H2,1-3H3,(H2,16,19). The summed E-state index contributed by atoms with van der Waals surface area (Å²) in [5.41, 5.74) is 7.75. The minimum absolute atomic E-state index is 0.380. The number of nitrogens with two attached hydrogens (primary N) is 1. The summed E-state index contributed by atoms with van der Waals surface area (Å²) in [6.45, 7) is 7.81. The SMILES string of the molecule is COc1cc(CN2CC(C)SC(C)C2)ccc1C(N)=S. The second kappa shape index (κ2) is 6.78. The molecule has 1 aliphatic rings. The van der Waals surface area contributed by atoms with E-state index in [1.165, 1.54) is 5.56 Å². The second-order valence-electron chi connectivity index (χ2n) is 5.35. The number of rotatable bonds is 4. The molecule has 3 nitrogen and oxygen atoms in total. The number of benzene rings is 1. The van der Waals surface area contributed by atoms with Crippen LogP contribution in [-0.2, 0) is 6.54 Å². The van der Waals surface area contributed by atoms with E-state index in [1.807, 2.05) is 12.1 Å². The minimum atomic E-state index is 0.380. The summed E-state index contributed by atoms with van der Waals surface area (Å²) in [5.74, 6) is 0.766. The summed E-state index contributed by atoms with van der Waals surface area (Å²) in [7, 11) is 1.66. The van der Waals surface area contributed by atoms with Gasteiger partial charge >= 0.3 is 0 Å². The Morgan fingerprint density at radius 3 is 2.60 bits per heavy atom. The number of thiocarbonyl (C=S) groups is 1. The van der Waals surface area contributed by atoms with Gasteiger partial charge in [-0.25, -0.2) is 0 Å². The molecule has 0 spiro atoms. The van der Waals surface area contributed by atoms with Crippen molar-refractivity contribution in [1.82, 2.24) is 4.90 Å². The van der Waals surface area contributed by atoms with E-state index in [4.69, 9.17) is 22.7 Å². The molecule has 0 bridgehead atoms. The van der Waals surface area contributed by atoms with Gasteiger partial charge < -0.3 is 10.5 Å². The Kier molecular flexibility index (Phi) is 5.29. The normalized spacial score (nSPS) is 23.6. The predicted molar refractivity (Wildman–Crippen MR) is 90.7 cm³/mol. The van der Waals surface area contributed by atoms with Crippen molar-refractivity contribution in [3.63, 3.8) is 0 Å². The fourth-order valence-corrected chi connectivity index (χ4v) is 4.26. The van der Waals surface area contributed by atoms with Crippen LogP contribution in [-0.4, -0.2) is 40.6 Å². The molecule has 2 unspecified atom stereocenters. The van der Waals surface area contributed by atoms with Crippen molar-refractivity contribution < 1.29 is 4.74 Å². The topological polar surface area (TPSA) is 38.5 Å². The minimum Gasteiger partial charge on any atom is -0.496 e. The van der Waals surface area contributed by atoms with Gasteiger partial charge in [0.25, 0.3) is 0 Å². The van der Waals surface area contributed by atoms with Gasteiger partial charge in [0, 0.05) is 30.1 Å². The van der Waals surface area contributed by atoms with Crippen LogP contribution in [0.5, 0.6) is 5.75 Å². The van der Waals surface area contributed by atoms with Crippen molar-refractivity contribution in [2.24, 2.45) is 5.73 Å². The molecule has 1 fully saturated rings. The van der Waals surface area contributed by atoms with E-state index in [0.29, 0.717) is 15.5 Å². The first-order chi connectivity index (χ1) is 9.49. The van der Waals surface area contributed by atoms with Crippen molar-refractivity contribution in [3.8, 4) is 5.75 Å². The molecule has 0 radical (unpaired) electrons. The first-order valence-electron chi connectivity index (χ1n) is 6.84. The van der Waals surface area contributed by atoms with Crippen molar-refractivity contribution in [2.75, 3.05) is 20.2 Å². The number of hydrogen-bond acceptors (Lipinski definition) is 4. The van der Waals surface area contributed by atoms with Crippen LogP contribution in [0.15, 0.2) is 18.2 Å². The molecule has 1 saturated heterocycles. The Labute approximate surface area is 130 Å². The third-order valence-electron chi connectivity index (χ3n) is 3.43. The molecule has 0 aliphatic carbocycles. The maximum atomic E-state index is 5.70. The van der Waals surface area contributed by atoms with Gasteiger partial charge in [-0.15, -0.1) is 0 Å². The number of methoxy groups -OCH3 is 1. The molecule has 1 aromatic carbocycles. The zero-order chi connectivity index (χ0) is 14.7. The highest BCUT2D eigenvalue weighted by Crippen LogP contribution is 2.27. The molecule has 1 heterocycles. The zero-order valence-electron chi connectivity index (χ0n) is 12.3. The Hall–Kier alpha value is -0.780. The summed E-state index contributed by atoms with van der Waals surface area (Å²) in [5, 5.41) is 1.38. The number of ether oxygens (including phenoxy) is 1. The van der Waals surface area contributed by atoms with Crippen LogP contribution in [0.4, 0.5) is 0 Å². The molecule has 1 aromatic rings. The monoisotopic (exact) mass is 310 g/mol. The van der Waals surface area contributed by atoms with Gasteiger partial charge in [-0.2, -0.15) is 11.8 Å². The molecule has 0 saturated carbocycles. The van der Waals surface area contributed by atoms with Gasteiger partial charge in [-0.3, -0.25) is 4.90 Å². The van der Waals surface area contributed by atoms with E-state index in [-0.39, 0.29) is 0 Å². The van der Waals surface area contributed by atoms with Crippen LogP contribution < -0.4 is 10.5 Å². The maximum Gasteiger partial charge on any atom is 0.129 e. The summed E-state index contributed by atoms with van der Waals surface area (Å²) < 4.78 is 5.39. The van der Waals surface area contributed by atoms with Crippen LogP contribution in [0.1, 0.15) is 25.0 Å². The molecule has 110 valence electrons. The summed E-state index contributed by atoms with van der Waals surface area (Å²) in [6, 6.07) is 6.10. The highest BCUT2D eigenvalue weighted by Gasteiger charge is 2.22. The third-order valence-corrected chi connectivity index (χ3v) is 4.88. The van der Waals surface area contributed by atoms with Gasteiger partial charge in [0.2, 0.25) is 0 Å². The lowest BCUT2D eigenvalue weighted by atomic mass is 10.1. The smallest absolute Gasteiger partial charge is 0.129 e. The van der Waals surface area contributed by atoms with Gasteiger partial charge in [-0.05, 0) is 17.7 Å². The third kappa shape index (κ3) is 3.87. The van der Waals surface area contributed by atoms with E-state index in [0.717, 1.165) is 30.9 Å². The second-order valence-corrected chi connectivity index (χ2v) is 7.67. The van der Waals surface area contributed by atoms with E-state index in [9.17, 15) is 0 Å². The lowest BCUT2D eigenvalue weighted by Crippen LogP contribution is -2.39. The van der Waals surface area contributed by atoms with E-state index < -0.39 is 0 Å². The number of thioether (sulfide) groups is 1. The quantitative estimate of drug-likeness (QED) is 0.866. The van der Waals surface area contributed by atoms with Crippen LogP contribution in [0, 0.1) is 0 Å². The molecule has 2 rings (SSSR count). The van der Waals surface area contributed by atoms with E-state index in [2.05, 4.69) is 36.6 Å². The Balaban J connectivity index is 2.11. The lowest BCUT2D eigenvalue weighted by Gasteiger charge is -2.34. The fraction of sp³-hybridized carbons (Fsp3) is 0.533. The Morgan fingerprint density at radius 1 is 1.40 bits per heavy atom. The predicted octanol–water partition coefficient (Wildman–Crippen LogP) is 2.66. The van der Waals surface area contributed by atoms with Crippen molar-refractivity contribution in [2.45, 2.75) is 30.9 Å². The lowest BCUT2D eigenvalue weighted by molar-refractivity contribution is 0.262. The molecule has 20 heavy (non-hydrogen) atoms. The molecule has 1 aliphatic heterocycles. The van der Waals surface area contributed by atoms with Crippen LogP contribution in [0.25, 0.3) is 0 Å². The van der Waals surface area contributed by atoms with Gasteiger partial charge in [0.05, 0.1) is 12.7 Å². The van der Waals surface area contributed by atoms with Gasteiger partial charge in [0.15, 0.2) is 0 Å². The molecule has 0 amide bonds. The average molecular weight is 310 g/mol. The molecular formula is C15H22N2OS2. The van der Waals surface area contributed by atoms with Gasteiger partial charge in [-0.1, -0.05) is 32.1 Å². The maximum absolute atomic E-state index is 5.70. The van der Waals surface area contributed by atoms with Gasteiger partial charge in [0.1, 0.15) is 10.7 Å². The van der Waals surface area contributed by atoms with E-state index >= 15 is 0 Å². The Bertz CT molecular complexity index is 483. The van der Waals surface area contributed by atoms with Crippen LogP contribution in [0.3, 0.4) is 0 Å². The zero-order valence-corrected chi connectivity index (χ0v) is 13.9. The van der Waals surface area contributed by atoms with Crippen molar-refractivity contribution >= 4 is 29.0 Å². The average Bonchev–Trinajstić information content (AvgIpc) is 2.37. The summed E-state index contributed by atoms with van der Waals surface area (Å²) in [4.78, 5) is 2.88. The summed E-state index contributed by atoms with van der Waals surface area (Å²) in [6.07, 6.45) is 0. The fourth-order valence-electron chi connectivity index (χ4n) is 2.71. The highest BCUT2D eigenvalue weighted by molar-refractivity contribution is 8.00. The van der Waals surface area contributed by atoms with Crippen molar-refractivity contribution in [1.29, 1.82) is 0 Å². The molecule has 5 heteroatoms. The largest absolute Gasteiger partial charge is 0.496 e. The van der Waals surface area contributed by atoms with Crippen LogP contribution in [0.2, 0.25) is 0 Å². The van der Waals surface area contributed by atoms with Crippen molar-refractivity contribution in [3.05, 3.63) is 29.3 Å². The number of hydrogen-bond donors (Lipinski definition) is 1. The first kappa shape index (κ1) is 15.6. The Morgan fingerprint density at radius 2 is 2.05 bits per heavy atom. The molecule has 2 N–H and O–H groups in total. The molecule has 0 aromatic heterocycles. The first-order valence-corrected chi connectivity index (χ1v) is 8.19. The highest BCUT2D eigenvalue weighted by atomic mass is 32.2. The van der Waals surface area contributed by atoms with Crippen LogP contribution >= 0.6 is 24.0 Å². The molecule has 2 atom stereocenters. The molecular weight excluding hydrogens is 288 g/mol.